The molecule has 0 unspecified atom stereocenters. The van der Waals surface area contributed by atoms with Crippen LogP contribution in [0.15, 0.2) is 41.3 Å². The molecule has 5 heteroatoms. The van der Waals surface area contributed by atoms with Crippen molar-refractivity contribution >= 4 is 23.4 Å². The Labute approximate surface area is 158 Å². The predicted molar refractivity (Wildman–Crippen MR) is 105 cm³/mol. The average molecular weight is 378 g/mol. The summed E-state index contributed by atoms with van der Waals surface area (Å²) in [5.41, 5.74) is 3.15. The van der Waals surface area contributed by atoms with Gasteiger partial charge in [0.05, 0.1) is 0 Å². The molecule has 0 atom stereocenters. The summed E-state index contributed by atoms with van der Waals surface area (Å²) in [6.07, 6.45) is 0.299. The van der Waals surface area contributed by atoms with Crippen LogP contribution in [0.3, 0.4) is 0 Å². The topological polar surface area (TPSA) is 29.1 Å². The second-order valence-electron chi connectivity index (χ2n) is 6.84. The van der Waals surface area contributed by atoms with Crippen molar-refractivity contribution in [3.8, 4) is 0 Å². The van der Waals surface area contributed by atoms with Crippen LogP contribution in [0, 0.1) is 11.6 Å². The van der Waals surface area contributed by atoms with Gasteiger partial charge in [0, 0.05) is 22.8 Å². The summed E-state index contributed by atoms with van der Waals surface area (Å²) >= 11 is 1.34. The maximum atomic E-state index is 13.2. The standard InChI is InChI=1S/C21H25F2NOS/c1-13(2)16-6-5-7-17(14(3)4)21(16)24-20(25)10-11-26-15-8-9-18(22)19(23)12-15/h5-9,12-14H,10-11H2,1-4H3,(H,24,25). The van der Waals surface area contributed by atoms with Crippen LogP contribution < -0.4 is 5.32 Å². The van der Waals surface area contributed by atoms with Crippen molar-refractivity contribution in [2.45, 2.75) is 50.8 Å². The molecule has 2 aromatic rings. The van der Waals surface area contributed by atoms with Gasteiger partial charge >= 0.3 is 0 Å². The lowest BCUT2D eigenvalue weighted by atomic mass is 9.92. The Morgan fingerprint density at radius 2 is 1.62 bits per heavy atom. The highest BCUT2D eigenvalue weighted by Gasteiger charge is 2.16. The van der Waals surface area contributed by atoms with Gasteiger partial charge in [0.1, 0.15) is 0 Å². The number of benzene rings is 2. The number of amides is 1. The maximum absolute atomic E-state index is 13.2. The van der Waals surface area contributed by atoms with E-state index in [1.807, 2.05) is 18.2 Å². The highest BCUT2D eigenvalue weighted by Crippen LogP contribution is 2.32. The minimum Gasteiger partial charge on any atom is -0.326 e. The number of rotatable bonds is 7. The molecule has 2 nitrogen and oxygen atoms in total. The first-order chi connectivity index (χ1) is 12.3. The number of hydrogen-bond acceptors (Lipinski definition) is 2. The van der Waals surface area contributed by atoms with Gasteiger partial charge in [-0.05, 0) is 41.2 Å². The Balaban J connectivity index is 2.02. The number of anilines is 1. The first-order valence-electron chi connectivity index (χ1n) is 8.80. The van der Waals surface area contributed by atoms with Crippen molar-refractivity contribution in [3.05, 3.63) is 59.2 Å². The molecule has 0 saturated heterocycles. The van der Waals surface area contributed by atoms with Crippen LogP contribution >= 0.6 is 11.8 Å². The van der Waals surface area contributed by atoms with Crippen LogP contribution in [0.5, 0.6) is 0 Å². The fourth-order valence-electron chi connectivity index (χ4n) is 2.73. The third kappa shape index (κ3) is 5.31. The summed E-state index contributed by atoms with van der Waals surface area (Å²) < 4.78 is 26.2. The summed E-state index contributed by atoms with van der Waals surface area (Å²) in [7, 11) is 0. The van der Waals surface area contributed by atoms with Crippen LogP contribution in [-0.4, -0.2) is 11.7 Å². The fourth-order valence-corrected chi connectivity index (χ4v) is 3.60. The number of halogens is 2. The van der Waals surface area contributed by atoms with E-state index in [4.69, 9.17) is 0 Å². The Morgan fingerprint density at radius 3 is 2.15 bits per heavy atom. The van der Waals surface area contributed by atoms with E-state index in [1.165, 1.54) is 17.8 Å². The molecule has 0 bridgehead atoms. The molecular formula is C21H25F2NOS. The number of para-hydroxylation sites is 1. The second-order valence-corrected chi connectivity index (χ2v) is 8.01. The van der Waals surface area contributed by atoms with E-state index in [-0.39, 0.29) is 5.91 Å². The molecule has 0 aliphatic heterocycles. The van der Waals surface area contributed by atoms with Crippen LogP contribution in [0.25, 0.3) is 0 Å². The van der Waals surface area contributed by atoms with Gasteiger partial charge < -0.3 is 5.32 Å². The predicted octanol–water partition coefficient (Wildman–Crippen LogP) is 6.33. The van der Waals surface area contributed by atoms with Crippen molar-refractivity contribution in [3.63, 3.8) is 0 Å². The second kappa shape index (κ2) is 9.17. The Morgan fingerprint density at radius 1 is 1.00 bits per heavy atom. The van der Waals surface area contributed by atoms with Crippen LogP contribution in [-0.2, 0) is 4.79 Å². The molecule has 0 aliphatic carbocycles. The lowest BCUT2D eigenvalue weighted by Gasteiger charge is -2.20. The first kappa shape index (κ1) is 20.4. The Bertz CT molecular complexity index is 748. The first-order valence-corrected chi connectivity index (χ1v) is 9.78. The van der Waals surface area contributed by atoms with Gasteiger partial charge in [-0.15, -0.1) is 11.8 Å². The van der Waals surface area contributed by atoms with Gasteiger partial charge in [-0.25, -0.2) is 8.78 Å². The van der Waals surface area contributed by atoms with Gasteiger partial charge in [-0.2, -0.15) is 0 Å². The van der Waals surface area contributed by atoms with E-state index in [0.29, 0.717) is 28.9 Å². The summed E-state index contributed by atoms with van der Waals surface area (Å²) in [6, 6.07) is 9.89. The maximum Gasteiger partial charge on any atom is 0.225 e. The molecule has 0 fully saturated rings. The fraction of sp³-hybridized carbons (Fsp3) is 0.381. The van der Waals surface area contributed by atoms with Crippen molar-refractivity contribution in [1.29, 1.82) is 0 Å². The van der Waals surface area contributed by atoms with Crippen LogP contribution in [0.2, 0.25) is 0 Å². The summed E-state index contributed by atoms with van der Waals surface area (Å²) in [5.74, 6) is -0.695. The van der Waals surface area contributed by atoms with E-state index in [2.05, 4.69) is 33.0 Å². The molecule has 0 spiro atoms. The van der Waals surface area contributed by atoms with Crippen LogP contribution in [0.4, 0.5) is 14.5 Å². The van der Waals surface area contributed by atoms with Gasteiger partial charge in [0.2, 0.25) is 5.91 Å². The molecule has 140 valence electrons. The number of hydrogen-bond donors (Lipinski definition) is 1. The SMILES string of the molecule is CC(C)c1cccc(C(C)C)c1NC(=O)CCSc1ccc(F)c(F)c1. The van der Waals surface area contributed by atoms with Gasteiger partial charge in [0.25, 0.3) is 0 Å². The third-order valence-electron chi connectivity index (χ3n) is 4.13. The zero-order chi connectivity index (χ0) is 19.3. The highest BCUT2D eigenvalue weighted by molar-refractivity contribution is 7.99. The zero-order valence-electron chi connectivity index (χ0n) is 15.6. The quantitative estimate of drug-likeness (QED) is 0.571. The van der Waals surface area contributed by atoms with Crippen molar-refractivity contribution in [2.75, 3.05) is 11.1 Å². The van der Waals surface area contributed by atoms with E-state index in [9.17, 15) is 13.6 Å². The number of thioether (sulfide) groups is 1. The number of carbonyl (C=O) groups excluding carboxylic acids is 1. The summed E-state index contributed by atoms with van der Waals surface area (Å²) in [4.78, 5) is 13.0. The highest BCUT2D eigenvalue weighted by atomic mass is 32.2. The third-order valence-corrected chi connectivity index (χ3v) is 5.12. The van der Waals surface area contributed by atoms with Gasteiger partial charge in [-0.3, -0.25) is 4.79 Å². The molecule has 1 N–H and O–H groups in total. The Hall–Kier alpha value is -1.88. The lowest BCUT2D eigenvalue weighted by Crippen LogP contribution is -2.16. The van der Waals surface area contributed by atoms with Crippen molar-refractivity contribution in [1.82, 2.24) is 0 Å². The number of carbonyl (C=O) groups is 1. The average Bonchev–Trinajstić information content (AvgIpc) is 2.57. The zero-order valence-corrected chi connectivity index (χ0v) is 16.4. The number of nitrogens with one attached hydrogen (secondary N) is 1. The minimum absolute atomic E-state index is 0.0740. The molecule has 1 amide bonds. The molecule has 2 aromatic carbocycles. The van der Waals surface area contributed by atoms with E-state index in [1.54, 1.807) is 0 Å². The minimum atomic E-state index is -0.869. The smallest absolute Gasteiger partial charge is 0.225 e. The summed E-state index contributed by atoms with van der Waals surface area (Å²) in [5, 5.41) is 3.06. The normalized spacial score (nSPS) is 11.2. The molecule has 0 aromatic heterocycles. The molecule has 26 heavy (non-hydrogen) atoms. The van der Waals surface area contributed by atoms with Gasteiger partial charge in [-0.1, -0.05) is 45.9 Å². The molecule has 0 aliphatic rings. The molecular weight excluding hydrogens is 352 g/mol. The van der Waals surface area contributed by atoms with Crippen LogP contribution in [0.1, 0.15) is 57.1 Å². The van der Waals surface area contributed by atoms with E-state index >= 15 is 0 Å². The van der Waals surface area contributed by atoms with Gasteiger partial charge in [0.15, 0.2) is 11.6 Å². The van der Waals surface area contributed by atoms with E-state index in [0.717, 1.165) is 28.9 Å². The van der Waals surface area contributed by atoms with Crippen molar-refractivity contribution < 1.29 is 13.6 Å². The molecule has 0 radical (unpaired) electrons. The Kier molecular flexibility index (Phi) is 7.21. The summed E-state index contributed by atoms with van der Waals surface area (Å²) in [6.45, 7) is 8.42. The molecule has 2 rings (SSSR count). The lowest BCUT2D eigenvalue weighted by molar-refractivity contribution is -0.115. The monoisotopic (exact) mass is 377 g/mol. The van der Waals surface area contributed by atoms with Crippen molar-refractivity contribution in [2.24, 2.45) is 0 Å². The largest absolute Gasteiger partial charge is 0.326 e. The molecule has 0 heterocycles. The molecule has 0 saturated carbocycles. The van der Waals surface area contributed by atoms with E-state index < -0.39 is 11.6 Å².